The average molecular weight is 331 g/mol. The molecule has 1 atom stereocenters. The number of anilines is 1. The van der Waals surface area contributed by atoms with Crippen LogP contribution in [0.3, 0.4) is 0 Å². The zero-order chi connectivity index (χ0) is 16.1. The number of para-hydroxylation sites is 1. The molecule has 23 heavy (non-hydrogen) atoms. The van der Waals surface area contributed by atoms with Gasteiger partial charge >= 0.3 is 0 Å². The van der Waals surface area contributed by atoms with E-state index in [1.807, 2.05) is 47.5 Å². The van der Waals surface area contributed by atoms with Gasteiger partial charge in [-0.1, -0.05) is 12.1 Å². The molecule has 1 fully saturated rings. The summed E-state index contributed by atoms with van der Waals surface area (Å²) in [6.07, 6.45) is 2.19. The van der Waals surface area contributed by atoms with Crippen LogP contribution in [0.5, 0.6) is 0 Å². The van der Waals surface area contributed by atoms with Gasteiger partial charge in [0.05, 0.1) is 5.69 Å². The largest absolute Gasteiger partial charge is 0.325 e. The Balaban J connectivity index is 1.74. The lowest BCUT2D eigenvalue weighted by atomic mass is 10.1. The molecule has 3 rings (SSSR count). The number of aromatic nitrogens is 3. The zero-order valence-corrected chi connectivity index (χ0v) is 14.0. The molecule has 7 heteroatoms. The van der Waals surface area contributed by atoms with E-state index < -0.39 is 0 Å². The number of amides is 1. The second kappa shape index (κ2) is 7.61. The van der Waals surface area contributed by atoms with E-state index in [1.54, 1.807) is 6.33 Å². The van der Waals surface area contributed by atoms with E-state index in [0.717, 1.165) is 41.7 Å². The summed E-state index contributed by atoms with van der Waals surface area (Å²) in [6.45, 7) is 3.80. The molecule has 2 aromatic rings. The van der Waals surface area contributed by atoms with Crippen LogP contribution in [0.4, 0.5) is 5.69 Å². The molecule has 1 aliphatic heterocycles. The fourth-order valence-corrected chi connectivity index (χ4v) is 3.61. The van der Waals surface area contributed by atoms with Crippen molar-refractivity contribution in [2.45, 2.75) is 25.9 Å². The number of rotatable bonds is 5. The Labute approximate surface area is 140 Å². The predicted octanol–water partition coefficient (Wildman–Crippen LogP) is 2.00. The lowest BCUT2D eigenvalue weighted by Gasteiger charge is -2.22. The number of nitrogens with one attached hydrogen (secondary N) is 2. The Kier molecular flexibility index (Phi) is 5.30. The van der Waals surface area contributed by atoms with Gasteiger partial charge in [-0.05, 0) is 19.1 Å². The molecule has 1 aromatic carbocycles. The molecule has 1 unspecified atom stereocenters. The number of carbonyl (C=O) groups is 1. The molecular weight excluding hydrogens is 310 g/mol. The first kappa shape index (κ1) is 16.0. The topological polar surface area (TPSA) is 71.8 Å². The predicted molar refractivity (Wildman–Crippen MR) is 93.5 cm³/mol. The maximum Gasteiger partial charge on any atom is 0.225 e. The Morgan fingerprint density at radius 1 is 1.48 bits per heavy atom. The lowest BCUT2D eigenvalue weighted by Crippen LogP contribution is -2.39. The van der Waals surface area contributed by atoms with Crippen molar-refractivity contribution in [3.63, 3.8) is 0 Å². The second-order valence-corrected chi connectivity index (χ2v) is 6.61. The van der Waals surface area contributed by atoms with Gasteiger partial charge in [-0.15, -0.1) is 10.2 Å². The summed E-state index contributed by atoms with van der Waals surface area (Å²) in [5, 5.41) is 14.6. The minimum atomic E-state index is 0.0278. The minimum Gasteiger partial charge on any atom is -0.325 e. The summed E-state index contributed by atoms with van der Waals surface area (Å²) in [5.41, 5.74) is 1.68. The number of carbonyl (C=O) groups excluding carboxylic acids is 1. The monoisotopic (exact) mass is 331 g/mol. The van der Waals surface area contributed by atoms with Crippen molar-refractivity contribution in [1.82, 2.24) is 20.1 Å². The summed E-state index contributed by atoms with van der Waals surface area (Å²) in [6, 6.07) is 7.98. The number of thioether (sulfide) groups is 1. The smallest absolute Gasteiger partial charge is 0.225 e. The van der Waals surface area contributed by atoms with E-state index in [4.69, 9.17) is 0 Å². The lowest BCUT2D eigenvalue weighted by molar-refractivity contribution is -0.116. The highest BCUT2D eigenvalue weighted by atomic mass is 32.2. The molecule has 0 spiro atoms. The van der Waals surface area contributed by atoms with Gasteiger partial charge in [0, 0.05) is 42.6 Å². The Hall–Kier alpha value is -1.86. The van der Waals surface area contributed by atoms with Gasteiger partial charge in [0.1, 0.15) is 6.33 Å². The fraction of sp³-hybridized carbons (Fsp3) is 0.438. The molecule has 6 nitrogen and oxygen atoms in total. The van der Waals surface area contributed by atoms with Crippen LogP contribution in [-0.2, 0) is 11.3 Å². The summed E-state index contributed by atoms with van der Waals surface area (Å²) in [5.74, 6) is 2.90. The number of benzene rings is 1. The third-order valence-electron chi connectivity index (χ3n) is 3.83. The first-order valence-electron chi connectivity index (χ1n) is 7.86. The molecule has 2 N–H and O–H groups in total. The quantitative estimate of drug-likeness (QED) is 0.877. The molecule has 2 heterocycles. The molecule has 0 aliphatic carbocycles. The number of hydrogen-bond acceptors (Lipinski definition) is 5. The van der Waals surface area contributed by atoms with Gasteiger partial charge in [-0.25, -0.2) is 0 Å². The van der Waals surface area contributed by atoms with Crippen molar-refractivity contribution >= 4 is 23.4 Å². The van der Waals surface area contributed by atoms with Crippen molar-refractivity contribution in [2.24, 2.45) is 0 Å². The van der Waals surface area contributed by atoms with Gasteiger partial charge in [0.15, 0.2) is 5.82 Å². The summed E-state index contributed by atoms with van der Waals surface area (Å²) >= 11 is 1.89. The number of hydrogen-bond donors (Lipinski definition) is 2. The highest BCUT2D eigenvalue weighted by Crippen LogP contribution is 2.26. The molecule has 0 radical (unpaired) electrons. The van der Waals surface area contributed by atoms with Gasteiger partial charge in [-0.2, -0.15) is 11.8 Å². The molecule has 0 bridgehead atoms. The third kappa shape index (κ3) is 3.92. The normalized spacial score (nSPS) is 17.9. The maximum absolute atomic E-state index is 12.4. The molecule has 1 saturated heterocycles. The minimum absolute atomic E-state index is 0.0278. The van der Waals surface area contributed by atoms with Crippen LogP contribution in [0.15, 0.2) is 30.6 Å². The number of aryl methyl sites for hydroxylation is 1. The molecule has 1 amide bonds. The van der Waals surface area contributed by atoms with Crippen LogP contribution >= 0.6 is 11.8 Å². The van der Waals surface area contributed by atoms with Crippen LogP contribution in [0.25, 0.3) is 11.4 Å². The fourth-order valence-electron chi connectivity index (χ4n) is 2.66. The summed E-state index contributed by atoms with van der Waals surface area (Å²) in [4.78, 5) is 12.4. The maximum atomic E-state index is 12.4. The van der Waals surface area contributed by atoms with E-state index >= 15 is 0 Å². The molecule has 122 valence electrons. The van der Waals surface area contributed by atoms with Gasteiger partial charge in [-0.3, -0.25) is 4.79 Å². The van der Waals surface area contributed by atoms with E-state index in [0.29, 0.717) is 6.42 Å². The molecule has 1 aliphatic rings. The van der Waals surface area contributed by atoms with Gasteiger partial charge in [0.25, 0.3) is 0 Å². The third-order valence-corrected chi connectivity index (χ3v) is 4.96. The van der Waals surface area contributed by atoms with E-state index in [-0.39, 0.29) is 11.9 Å². The molecule has 0 saturated carbocycles. The first-order valence-corrected chi connectivity index (χ1v) is 9.01. The Bertz CT molecular complexity index is 666. The van der Waals surface area contributed by atoms with Gasteiger partial charge < -0.3 is 15.2 Å². The van der Waals surface area contributed by atoms with Crippen LogP contribution < -0.4 is 10.6 Å². The van der Waals surface area contributed by atoms with Crippen LogP contribution in [0.2, 0.25) is 0 Å². The SMILES string of the molecule is CCn1cnnc1-c1ccccc1NC(=O)CC1CSCCN1. The highest BCUT2D eigenvalue weighted by molar-refractivity contribution is 7.99. The Morgan fingerprint density at radius 3 is 3.13 bits per heavy atom. The zero-order valence-electron chi connectivity index (χ0n) is 13.2. The van der Waals surface area contributed by atoms with Crippen LogP contribution in [0.1, 0.15) is 13.3 Å². The second-order valence-electron chi connectivity index (χ2n) is 5.46. The van der Waals surface area contributed by atoms with Crippen molar-refractivity contribution in [3.05, 3.63) is 30.6 Å². The van der Waals surface area contributed by atoms with Crippen molar-refractivity contribution < 1.29 is 4.79 Å². The summed E-state index contributed by atoms with van der Waals surface area (Å²) < 4.78 is 1.96. The molecule has 1 aromatic heterocycles. The first-order chi connectivity index (χ1) is 11.3. The highest BCUT2D eigenvalue weighted by Gasteiger charge is 2.18. The summed E-state index contributed by atoms with van der Waals surface area (Å²) in [7, 11) is 0. The van der Waals surface area contributed by atoms with Crippen LogP contribution in [0, 0.1) is 0 Å². The standard InChI is InChI=1S/C16H21N5OS/c1-2-21-11-18-20-16(21)13-5-3-4-6-14(13)19-15(22)9-12-10-23-8-7-17-12/h3-6,11-12,17H,2,7-10H2,1H3,(H,19,22). The van der Waals surface area contributed by atoms with Crippen LogP contribution in [-0.4, -0.2) is 44.8 Å². The average Bonchev–Trinajstić information content (AvgIpc) is 3.04. The molecular formula is C16H21N5OS. The van der Waals surface area contributed by atoms with E-state index in [2.05, 4.69) is 20.8 Å². The number of nitrogens with zero attached hydrogens (tertiary/aromatic N) is 3. The Morgan fingerprint density at radius 2 is 2.35 bits per heavy atom. The van der Waals surface area contributed by atoms with E-state index in [9.17, 15) is 4.79 Å². The van der Waals surface area contributed by atoms with Crippen molar-refractivity contribution in [3.8, 4) is 11.4 Å². The van der Waals surface area contributed by atoms with Gasteiger partial charge in [0.2, 0.25) is 5.91 Å². The van der Waals surface area contributed by atoms with Crippen molar-refractivity contribution in [2.75, 3.05) is 23.4 Å². The van der Waals surface area contributed by atoms with Crippen molar-refractivity contribution in [1.29, 1.82) is 0 Å². The van der Waals surface area contributed by atoms with E-state index in [1.165, 1.54) is 0 Å².